The first-order valence-corrected chi connectivity index (χ1v) is 13.5. The predicted molar refractivity (Wildman–Crippen MR) is 141 cm³/mol. The number of benzene rings is 2. The molecule has 3 aliphatic rings. The molecule has 2 amide bonds. The van der Waals surface area contributed by atoms with Gasteiger partial charge in [-0.1, -0.05) is 55.3 Å². The number of para-hydroxylation sites is 1. The second-order valence-corrected chi connectivity index (χ2v) is 10.4. The lowest BCUT2D eigenvalue weighted by Gasteiger charge is -2.41. The molecule has 0 aromatic heterocycles. The van der Waals surface area contributed by atoms with Crippen molar-refractivity contribution in [2.75, 3.05) is 18.4 Å². The number of alkyl carbamates (subject to hydrolysis) is 1. The van der Waals surface area contributed by atoms with Crippen molar-refractivity contribution < 1.29 is 14.3 Å². The molecule has 2 aromatic rings. The predicted octanol–water partition coefficient (Wildman–Crippen LogP) is 6.63. The monoisotopic (exact) mass is 487 g/mol. The van der Waals surface area contributed by atoms with Crippen LogP contribution in [0.3, 0.4) is 0 Å². The van der Waals surface area contributed by atoms with E-state index in [1.807, 2.05) is 47.4 Å². The zero-order valence-electron chi connectivity index (χ0n) is 21.0. The lowest BCUT2D eigenvalue weighted by Crippen LogP contribution is -2.46. The highest BCUT2D eigenvalue weighted by Crippen LogP contribution is 2.36. The number of carbonyl (C=O) groups is 2. The van der Waals surface area contributed by atoms with E-state index in [1.54, 1.807) is 0 Å². The van der Waals surface area contributed by atoms with Gasteiger partial charge in [0.2, 0.25) is 0 Å². The SMILES string of the molecule is O=C(NCC1CCCC(CN2C(=O)c3ccccc3NC2c2ccccc2)C1)OC1=CCCCCC1. The molecule has 0 spiro atoms. The number of nitrogens with one attached hydrogen (secondary N) is 2. The summed E-state index contributed by atoms with van der Waals surface area (Å²) in [5.74, 6) is 1.69. The standard InChI is InChI=1S/C30H37N3O3/c34-29-26-17-8-9-18-27(26)32-28(24-13-4-3-5-14-24)33(29)21-23-12-10-11-22(19-23)20-31-30(35)36-25-15-6-1-2-7-16-25/h3-5,8-9,13-15,17-18,22-23,28,32H,1-2,6-7,10-12,16,19-21H2,(H,31,35). The highest BCUT2D eigenvalue weighted by Gasteiger charge is 2.35. The van der Waals surface area contributed by atoms with E-state index in [9.17, 15) is 9.59 Å². The van der Waals surface area contributed by atoms with E-state index in [2.05, 4.69) is 28.8 Å². The fraction of sp³-hybridized carbons (Fsp3) is 0.467. The van der Waals surface area contributed by atoms with Crippen molar-refractivity contribution in [3.05, 3.63) is 77.6 Å². The molecule has 6 nitrogen and oxygen atoms in total. The highest BCUT2D eigenvalue weighted by molar-refractivity contribution is 6.01. The van der Waals surface area contributed by atoms with Crippen LogP contribution in [-0.2, 0) is 4.74 Å². The topological polar surface area (TPSA) is 70.7 Å². The van der Waals surface area contributed by atoms with Crippen molar-refractivity contribution in [3.63, 3.8) is 0 Å². The van der Waals surface area contributed by atoms with Crippen LogP contribution in [0, 0.1) is 11.8 Å². The van der Waals surface area contributed by atoms with E-state index in [0.29, 0.717) is 24.9 Å². The molecule has 1 saturated carbocycles. The minimum absolute atomic E-state index is 0.0821. The average molecular weight is 488 g/mol. The number of amides is 2. The molecule has 6 heteroatoms. The van der Waals surface area contributed by atoms with Crippen LogP contribution in [0.5, 0.6) is 0 Å². The quantitative estimate of drug-likeness (QED) is 0.480. The fourth-order valence-electron chi connectivity index (χ4n) is 5.87. The van der Waals surface area contributed by atoms with Gasteiger partial charge in [-0.2, -0.15) is 0 Å². The summed E-state index contributed by atoms with van der Waals surface area (Å²) in [6, 6.07) is 18.0. The Bertz CT molecular complexity index is 1080. The largest absolute Gasteiger partial charge is 0.415 e. The van der Waals surface area contributed by atoms with E-state index in [0.717, 1.165) is 67.5 Å². The summed E-state index contributed by atoms with van der Waals surface area (Å²) < 4.78 is 5.57. The second-order valence-electron chi connectivity index (χ2n) is 10.4. The number of ether oxygens (including phenoxy) is 1. The van der Waals surface area contributed by atoms with Crippen LogP contribution < -0.4 is 10.6 Å². The van der Waals surface area contributed by atoms with Crippen LogP contribution in [0.25, 0.3) is 0 Å². The lowest BCUT2D eigenvalue weighted by molar-refractivity contribution is 0.0614. The van der Waals surface area contributed by atoms with Crippen molar-refractivity contribution in [2.45, 2.75) is 64.0 Å². The van der Waals surface area contributed by atoms with E-state index in [-0.39, 0.29) is 18.2 Å². The van der Waals surface area contributed by atoms with Crippen LogP contribution >= 0.6 is 0 Å². The van der Waals surface area contributed by atoms with Gasteiger partial charge in [0.25, 0.3) is 5.91 Å². The Morgan fingerprint density at radius 2 is 1.78 bits per heavy atom. The second kappa shape index (κ2) is 11.6. The molecule has 1 fully saturated rings. The minimum Gasteiger partial charge on any atom is -0.415 e. The van der Waals surface area contributed by atoms with E-state index in [4.69, 9.17) is 4.74 Å². The fourth-order valence-corrected chi connectivity index (χ4v) is 5.87. The van der Waals surface area contributed by atoms with Crippen LogP contribution in [0.1, 0.15) is 79.9 Å². The molecule has 1 aliphatic heterocycles. The van der Waals surface area contributed by atoms with Crippen LogP contribution in [-0.4, -0.2) is 30.0 Å². The molecule has 2 N–H and O–H groups in total. The smallest absolute Gasteiger partial charge is 0.412 e. The Labute approximate surface area is 214 Å². The molecule has 36 heavy (non-hydrogen) atoms. The number of allylic oxidation sites excluding steroid dienone is 2. The Balaban J connectivity index is 1.21. The Morgan fingerprint density at radius 3 is 2.67 bits per heavy atom. The maximum Gasteiger partial charge on any atom is 0.412 e. The van der Waals surface area contributed by atoms with Crippen molar-refractivity contribution in [3.8, 4) is 0 Å². The molecule has 3 unspecified atom stereocenters. The van der Waals surface area contributed by atoms with Crippen molar-refractivity contribution in [2.24, 2.45) is 11.8 Å². The Morgan fingerprint density at radius 1 is 0.972 bits per heavy atom. The molecular formula is C30H37N3O3. The summed E-state index contributed by atoms with van der Waals surface area (Å²) in [6.45, 7) is 1.33. The maximum absolute atomic E-state index is 13.6. The summed E-state index contributed by atoms with van der Waals surface area (Å²) in [4.78, 5) is 28.0. The number of rotatable bonds is 6. The van der Waals surface area contributed by atoms with Gasteiger partial charge < -0.3 is 20.3 Å². The normalized spacial score (nSPS) is 24.1. The number of nitrogens with zero attached hydrogens (tertiary/aromatic N) is 1. The number of hydrogen-bond donors (Lipinski definition) is 2. The lowest BCUT2D eigenvalue weighted by atomic mass is 9.80. The summed E-state index contributed by atoms with van der Waals surface area (Å²) in [6.07, 6.45) is 11.1. The minimum atomic E-state index is -0.332. The third kappa shape index (κ3) is 5.92. The van der Waals surface area contributed by atoms with Gasteiger partial charge in [-0.05, 0) is 74.1 Å². The third-order valence-corrected chi connectivity index (χ3v) is 7.74. The molecule has 2 aliphatic carbocycles. The summed E-state index contributed by atoms with van der Waals surface area (Å²) in [5, 5.41) is 6.61. The first kappa shape index (κ1) is 24.4. The first-order chi connectivity index (χ1) is 17.7. The van der Waals surface area contributed by atoms with Gasteiger partial charge in [-0.15, -0.1) is 0 Å². The van der Waals surface area contributed by atoms with E-state index in [1.165, 1.54) is 12.8 Å². The van der Waals surface area contributed by atoms with E-state index >= 15 is 0 Å². The van der Waals surface area contributed by atoms with Crippen molar-refractivity contribution >= 4 is 17.7 Å². The van der Waals surface area contributed by atoms with Gasteiger partial charge in [0.15, 0.2) is 0 Å². The number of anilines is 1. The van der Waals surface area contributed by atoms with E-state index < -0.39 is 0 Å². The molecule has 5 rings (SSSR count). The van der Waals surface area contributed by atoms with Gasteiger partial charge >= 0.3 is 6.09 Å². The number of carbonyl (C=O) groups excluding carboxylic acids is 2. The average Bonchev–Trinajstić information content (AvgIpc) is 3.18. The summed E-state index contributed by atoms with van der Waals surface area (Å²) in [7, 11) is 0. The van der Waals surface area contributed by atoms with Gasteiger partial charge in [-0.25, -0.2) is 4.79 Å². The summed E-state index contributed by atoms with van der Waals surface area (Å²) in [5.41, 5.74) is 2.71. The molecule has 3 atom stereocenters. The maximum atomic E-state index is 13.6. The molecule has 190 valence electrons. The van der Waals surface area contributed by atoms with Crippen LogP contribution in [0.2, 0.25) is 0 Å². The molecule has 0 saturated heterocycles. The Hall–Kier alpha value is -3.28. The number of fused-ring (bicyclic) bond motifs is 1. The van der Waals surface area contributed by atoms with Crippen molar-refractivity contribution in [1.82, 2.24) is 10.2 Å². The van der Waals surface area contributed by atoms with Crippen LogP contribution in [0.15, 0.2) is 66.4 Å². The highest BCUT2D eigenvalue weighted by atomic mass is 16.6. The third-order valence-electron chi connectivity index (χ3n) is 7.74. The van der Waals surface area contributed by atoms with Gasteiger partial charge in [0, 0.05) is 25.2 Å². The first-order valence-electron chi connectivity index (χ1n) is 13.5. The molecule has 1 heterocycles. The van der Waals surface area contributed by atoms with Crippen molar-refractivity contribution in [1.29, 1.82) is 0 Å². The molecular weight excluding hydrogens is 450 g/mol. The number of hydrogen-bond acceptors (Lipinski definition) is 4. The zero-order chi connectivity index (χ0) is 24.7. The Kier molecular flexibility index (Phi) is 7.89. The van der Waals surface area contributed by atoms with Crippen LogP contribution in [0.4, 0.5) is 10.5 Å². The van der Waals surface area contributed by atoms with Gasteiger partial charge in [-0.3, -0.25) is 4.79 Å². The van der Waals surface area contributed by atoms with Gasteiger partial charge in [0.1, 0.15) is 11.9 Å². The zero-order valence-corrected chi connectivity index (χ0v) is 21.0. The van der Waals surface area contributed by atoms with Gasteiger partial charge in [0.05, 0.1) is 5.56 Å². The molecule has 0 radical (unpaired) electrons. The molecule has 0 bridgehead atoms. The molecule has 2 aromatic carbocycles. The summed E-state index contributed by atoms with van der Waals surface area (Å²) >= 11 is 0.